The molecule has 0 saturated heterocycles. The number of hydrogen-bond donors (Lipinski definition) is 2. The molecule has 1 aromatic carbocycles. The number of aromatic amines is 1. The van der Waals surface area contributed by atoms with Gasteiger partial charge in [0.15, 0.2) is 11.4 Å². The van der Waals surface area contributed by atoms with Crippen molar-refractivity contribution < 1.29 is 18.0 Å². The first kappa shape index (κ1) is 14.7. The molecule has 0 spiro atoms. The molecule has 4 nitrogen and oxygen atoms in total. The third kappa shape index (κ3) is 3.05. The number of carbonyl (C=O) groups is 1. The van der Waals surface area contributed by atoms with E-state index in [2.05, 4.69) is 10.4 Å². The summed E-state index contributed by atoms with van der Waals surface area (Å²) in [7, 11) is 0. The van der Waals surface area contributed by atoms with E-state index < -0.39 is 28.5 Å². The molecule has 1 heterocycles. The lowest BCUT2D eigenvalue weighted by molar-refractivity contribution is -0.141. The van der Waals surface area contributed by atoms with Crippen LogP contribution in [0, 0.1) is 0 Å². The molecule has 0 bridgehead atoms. The second-order valence-corrected chi connectivity index (χ2v) is 4.53. The lowest BCUT2D eigenvalue weighted by Gasteiger charge is -2.04. The average Bonchev–Trinajstić information content (AvgIpc) is 2.74. The van der Waals surface area contributed by atoms with Crippen molar-refractivity contribution in [3.63, 3.8) is 0 Å². The summed E-state index contributed by atoms with van der Waals surface area (Å²) < 4.78 is 37.5. The lowest BCUT2D eigenvalue weighted by atomic mass is 10.3. The van der Waals surface area contributed by atoms with Gasteiger partial charge in [-0.1, -0.05) is 23.2 Å². The average molecular weight is 324 g/mol. The molecule has 0 aliphatic heterocycles. The Morgan fingerprint density at radius 3 is 2.30 bits per heavy atom. The minimum absolute atomic E-state index is 0.354. The molecule has 2 N–H and O–H groups in total. The number of nitrogens with one attached hydrogen (secondary N) is 2. The van der Waals surface area contributed by atoms with E-state index in [1.54, 1.807) is 5.10 Å². The van der Waals surface area contributed by atoms with Crippen LogP contribution in [0.25, 0.3) is 0 Å². The molecular formula is C11H6Cl2F3N3O. The maximum Gasteiger partial charge on any atom is 0.434 e. The first-order valence-electron chi connectivity index (χ1n) is 5.17. The maximum absolute atomic E-state index is 12.5. The van der Waals surface area contributed by atoms with Crippen LogP contribution in [0.4, 0.5) is 18.9 Å². The van der Waals surface area contributed by atoms with E-state index in [-0.39, 0.29) is 0 Å². The van der Waals surface area contributed by atoms with Gasteiger partial charge in [-0.25, -0.2) is 0 Å². The topological polar surface area (TPSA) is 57.8 Å². The summed E-state index contributed by atoms with van der Waals surface area (Å²) in [6.45, 7) is 0. The van der Waals surface area contributed by atoms with Crippen molar-refractivity contribution in [3.8, 4) is 0 Å². The number of halogens is 5. The number of alkyl halides is 3. The normalized spacial score (nSPS) is 11.4. The highest BCUT2D eigenvalue weighted by Gasteiger charge is 2.38. The van der Waals surface area contributed by atoms with Crippen molar-refractivity contribution in [2.75, 3.05) is 5.32 Å². The van der Waals surface area contributed by atoms with Crippen LogP contribution in [-0.4, -0.2) is 16.1 Å². The third-order valence-electron chi connectivity index (χ3n) is 2.31. The van der Waals surface area contributed by atoms with E-state index in [0.29, 0.717) is 10.7 Å². The van der Waals surface area contributed by atoms with Gasteiger partial charge in [0, 0.05) is 10.7 Å². The lowest BCUT2D eigenvalue weighted by Crippen LogP contribution is -2.13. The van der Waals surface area contributed by atoms with Crippen molar-refractivity contribution in [1.29, 1.82) is 0 Å². The minimum atomic E-state index is -4.71. The summed E-state index contributed by atoms with van der Waals surface area (Å²) in [5.74, 6) is -0.857. The number of aromatic nitrogens is 2. The number of rotatable bonds is 2. The highest BCUT2D eigenvalue weighted by atomic mass is 35.5. The third-order valence-corrected chi connectivity index (χ3v) is 2.93. The highest BCUT2D eigenvalue weighted by molar-refractivity contribution is 6.34. The first-order valence-corrected chi connectivity index (χ1v) is 5.92. The van der Waals surface area contributed by atoms with Gasteiger partial charge in [-0.15, -0.1) is 0 Å². The van der Waals surface area contributed by atoms with Crippen molar-refractivity contribution in [2.45, 2.75) is 6.18 Å². The Hall–Kier alpha value is -1.73. The molecule has 9 heteroatoms. The number of amides is 1. The van der Waals surface area contributed by atoms with Gasteiger partial charge in [0.1, 0.15) is 5.02 Å². The fourth-order valence-corrected chi connectivity index (χ4v) is 1.79. The van der Waals surface area contributed by atoms with Crippen LogP contribution in [-0.2, 0) is 6.18 Å². The first-order chi connectivity index (χ1) is 9.29. The van der Waals surface area contributed by atoms with Crippen LogP contribution in [0.2, 0.25) is 10.0 Å². The number of nitrogens with zero attached hydrogens (tertiary/aromatic N) is 1. The van der Waals surface area contributed by atoms with Gasteiger partial charge in [-0.3, -0.25) is 9.89 Å². The summed E-state index contributed by atoms with van der Waals surface area (Å²) in [5, 5.41) is 7.03. The van der Waals surface area contributed by atoms with E-state index in [4.69, 9.17) is 23.2 Å². The predicted molar refractivity (Wildman–Crippen MR) is 68.0 cm³/mol. The van der Waals surface area contributed by atoms with Gasteiger partial charge in [0.2, 0.25) is 0 Å². The van der Waals surface area contributed by atoms with E-state index >= 15 is 0 Å². The number of carbonyl (C=O) groups excluding carboxylic acids is 1. The largest absolute Gasteiger partial charge is 0.434 e. The van der Waals surface area contributed by atoms with Crippen molar-refractivity contribution >= 4 is 34.8 Å². The molecule has 1 amide bonds. The molecule has 0 atom stereocenters. The monoisotopic (exact) mass is 323 g/mol. The van der Waals surface area contributed by atoms with Crippen molar-refractivity contribution in [3.05, 3.63) is 45.7 Å². The van der Waals surface area contributed by atoms with Crippen LogP contribution < -0.4 is 5.32 Å². The summed E-state index contributed by atoms with van der Waals surface area (Å²) in [5.41, 5.74) is -1.44. The Morgan fingerprint density at radius 2 is 1.80 bits per heavy atom. The van der Waals surface area contributed by atoms with Gasteiger partial charge < -0.3 is 5.32 Å². The fourth-order valence-electron chi connectivity index (χ4n) is 1.39. The highest BCUT2D eigenvalue weighted by Crippen LogP contribution is 2.34. The number of H-pyrrole nitrogens is 1. The zero-order chi connectivity index (χ0) is 14.9. The Balaban J connectivity index is 2.22. The second-order valence-electron chi connectivity index (χ2n) is 3.72. The van der Waals surface area contributed by atoms with Crippen molar-refractivity contribution in [2.24, 2.45) is 0 Å². The molecule has 0 fully saturated rings. The number of hydrogen-bond acceptors (Lipinski definition) is 2. The van der Waals surface area contributed by atoms with Crippen molar-refractivity contribution in [1.82, 2.24) is 10.2 Å². The van der Waals surface area contributed by atoms with E-state index in [0.717, 1.165) is 0 Å². The molecule has 0 aliphatic carbocycles. The molecular weight excluding hydrogens is 318 g/mol. The Kier molecular flexibility index (Phi) is 3.92. The second kappa shape index (κ2) is 5.34. The van der Waals surface area contributed by atoms with Crippen LogP contribution in [0.15, 0.2) is 24.3 Å². The molecule has 2 aromatic rings. The summed E-state index contributed by atoms with van der Waals surface area (Å²) in [6, 6.07) is 6.02. The molecule has 0 aliphatic rings. The summed E-state index contributed by atoms with van der Waals surface area (Å²) >= 11 is 11.2. The predicted octanol–water partition coefficient (Wildman–Crippen LogP) is 3.99. The fraction of sp³-hybridized carbons (Fsp3) is 0.0909. The number of anilines is 1. The Morgan fingerprint density at radius 1 is 1.20 bits per heavy atom. The summed E-state index contributed by atoms with van der Waals surface area (Å²) in [6.07, 6.45) is -4.71. The maximum atomic E-state index is 12.5. The zero-order valence-electron chi connectivity index (χ0n) is 9.55. The van der Waals surface area contributed by atoms with E-state index in [1.165, 1.54) is 24.3 Å². The smallest absolute Gasteiger partial charge is 0.321 e. The molecule has 1 aromatic heterocycles. The minimum Gasteiger partial charge on any atom is -0.321 e. The van der Waals surface area contributed by atoms with Gasteiger partial charge >= 0.3 is 6.18 Å². The SMILES string of the molecule is O=C(Nc1ccc(Cl)cc1)c1n[nH]c(C(F)(F)F)c1Cl. The van der Waals surface area contributed by atoms with Crippen LogP contribution in [0.1, 0.15) is 16.2 Å². The van der Waals surface area contributed by atoms with E-state index in [9.17, 15) is 18.0 Å². The van der Waals surface area contributed by atoms with Gasteiger partial charge in [-0.05, 0) is 24.3 Å². The molecule has 2 rings (SSSR count). The standard InChI is InChI=1S/C11H6Cl2F3N3O/c12-5-1-3-6(4-2-5)17-10(20)8-7(13)9(19-18-8)11(14,15)16/h1-4H,(H,17,20)(H,18,19). The number of benzene rings is 1. The van der Waals surface area contributed by atoms with Crippen LogP contribution >= 0.6 is 23.2 Å². The Bertz CT molecular complexity index is 637. The van der Waals surface area contributed by atoms with Gasteiger partial charge in [-0.2, -0.15) is 18.3 Å². The molecule has 20 heavy (non-hydrogen) atoms. The van der Waals surface area contributed by atoms with E-state index in [1.807, 2.05) is 0 Å². The van der Waals surface area contributed by atoms with Crippen LogP contribution in [0.5, 0.6) is 0 Å². The zero-order valence-corrected chi connectivity index (χ0v) is 11.1. The van der Waals surface area contributed by atoms with Crippen LogP contribution in [0.3, 0.4) is 0 Å². The molecule has 0 saturated carbocycles. The molecule has 0 radical (unpaired) electrons. The molecule has 106 valence electrons. The van der Waals surface area contributed by atoms with Gasteiger partial charge in [0.05, 0.1) is 0 Å². The summed E-state index contributed by atoms with van der Waals surface area (Å²) in [4.78, 5) is 11.8. The Labute approximate surface area is 120 Å². The quantitative estimate of drug-likeness (QED) is 0.878. The van der Waals surface area contributed by atoms with Gasteiger partial charge in [0.25, 0.3) is 5.91 Å². The molecule has 0 unspecified atom stereocenters.